The summed E-state index contributed by atoms with van der Waals surface area (Å²) >= 11 is 0. The normalized spacial score (nSPS) is 16.6. The van der Waals surface area contributed by atoms with E-state index in [4.69, 9.17) is 9.47 Å². The van der Waals surface area contributed by atoms with E-state index in [1.807, 2.05) is 0 Å². The van der Waals surface area contributed by atoms with E-state index in [1.54, 1.807) is 24.9 Å². The Morgan fingerprint density at radius 2 is 1.87 bits per heavy atom. The highest BCUT2D eigenvalue weighted by molar-refractivity contribution is 7.19. The number of phenols is 1. The Bertz CT molecular complexity index is 368. The summed E-state index contributed by atoms with van der Waals surface area (Å²) < 4.78 is 10.6. The Morgan fingerprint density at radius 3 is 2.40 bits per heavy atom. The first kappa shape index (κ1) is 11.8. The van der Waals surface area contributed by atoms with Crippen LogP contribution in [0.5, 0.6) is 17.2 Å². The van der Waals surface area contributed by atoms with Crippen LogP contribution in [0.1, 0.15) is 12.5 Å². The topological polar surface area (TPSA) is 64.7 Å². The fourth-order valence-electron chi connectivity index (χ4n) is 1.25. The summed E-state index contributed by atoms with van der Waals surface area (Å²) in [5, 5.41) is 9.46. The Balaban J connectivity index is 0.000000531. The molecule has 0 bridgehead atoms. The van der Waals surface area contributed by atoms with Gasteiger partial charge in [-0.3, -0.25) is 0 Å². The van der Waals surface area contributed by atoms with Gasteiger partial charge in [0.05, 0.1) is 0 Å². The van der Waals surface area contributed by atoms with Gasteiger partial charge in [-0.1, -0.05) is 0 Å². The zero-order chi connectivity index (χ0) is 11.4. The SMILES string of the molecule is CC1Oc2cc(O)c(C=P)cc2O1.CN. The number of aromatic hydroxyl groups is 1. The van der Waals surface area contributed by atoms with Crippen LogP contribution >= 0.6 is 8.86 Å². The maximum absolute atomic E-state index is 9.46. The summed E-state index contributed by atoms with van der Waals surface area (Å²) in [7, 11) is 4.70. The molecule has 1 aromatic rings. The van der Waals surface area contributed by atoms with E-state index in [0.717, 1.165) is 0 Å². The van der Waals surface area contributed by atoms with E-state index in [0.29, 0.717) is 17.1 Å². The Morgan fingerprint density at radius 1 is 1.33 bits per heavy atom. The van der Waals surface area contributed by atoms with Crippen molar-refractivity contribution in [1.29, 1.82) is 0 Å². The van der Waals surface area contributed by atoms with Crippen LogP contribution in [0.25, 0.3) is 0 Å². The van der Waals surface area contributed by atoms with Crippen molar-refractivity contribution in [2.75, 3.05) is 7.05 Å². The molecule has 0 fully saturated rings. The second kappa shape index (κ2) is 5.01. The molecule has 1 heterocycles. The zero-order valence-electron chi connectivity index (χ0n) is 8.65. The van der Waals surface area contributed by atoms with Gasteiger partial charge in [0, 0.05) is 18.6 Å². The molecule has 0 aromatic heterocycles. The number of nitrogens with two attached hydrogens (primary N) is 1. The molecule has 5 heteroatoms. The number of hydrogen-bond acceptors (Lipinski definition) is 4. The molecule has 1 unspecified atom stereocenters. The van der Waals surface area contributed by atoms with Gasteiger partial charge in [-0.05, 0) is 18.9 Å². The summed E-state index contributed by atoms with van der Waals surface area (Å²) in [4.78, 5) is 0. The van der Waals surface area contributed by atoms with Gasteiger partial charge in [0.25, 0.3) is 0 Å². The van der Waals surface area contributed by atoms with Crippen molar-refractivity contribution in [1.82, 2.24) is 0 Å². The molecule has 1 aliphatic heterocycles. The molecule has 3 N–H and O–H groups in total. The van der Waals surface area contributed by atoms with Crippen LogP contribution in [-0.2, 0) is 0 Å². The van der Waals surface area contributed by atoms with Crippen molar-refractivity contribution in [2.45, 2.75) is 13.2 Å². The zero-order valence-corrected chi connectivity index (χ0v) is 9.65. The van der Waals surface area contributed by atoms with E-state index in [2.05, 4.69) is 14.6 Å². The van der Waals surface area contributed by atoms with Gasteiger partial charge >= 0.3 is 0 Å². The lowest BCUT2D eigenvalue weighted by atomic mass is 10.2. The molecule has 1 atom stereocenters. The Labute approximate surface area is 90.8 Å². The highest BCUT2D eigenvalue weighted by Crippen LogP contribution is 2.38. The lowest BCUT2D eigenvalue weighted by molar-refractivity contribution is 0.0678. The summed E-state index contributed by atoms with van der Waals surface area (Å²) in [5.41, 5.74) is 5.17. The molecule has 0 saturated heterocycles. The summed E-state index contributed by atoms with van der Waals surface area (Å²) in [6, 6.07) is 3.27. The van der Waals surface area contributed by atoms with E-state index >= 15 is 0 Å². The molecule has 0 spiro atoms. The van der Waals surface area contributed by atoms with E-state index in [1.165, 1.54) is 7.05 Å². The van der Waals surface area contributed by atoms with Gasteiger partial charge in [0.2, 0.25) is 6.29 Å². The predicted octanol–water partition coefficient (Wildman–Crippen LogP) is 1.38. The van der Waals surface area contributed by atoms with E-state index in [9.17, 15) is 5.11 Å². The van der Waals surface area contributed by atoms with Crippen molar-refractivity contribution in [3.05, 3.63) is 17.7 Å². The third-order valence-corrected chi connectivity index (χ3v) is 2.15. The number of benzene rings is 1. The minimum absolute atomic E-state index is 0.173. The summed E-state index contributed by atoms with van der Waals surface area (Å²) in [5.74, 6) is 3.05. The molecular weight excluding hydrogens is 213 g/mol. The largest absolute Gasteiger partial charge is 0.507 e. The molecule has 2 rings (SSSR count). The lowest BCUT2D eigenvalue weighted by Gasteiger charge is -2.00. The van der Waals surface area contributed by atoms with Crippen LogP contribution in [0.3, 0.4) is 0 Å². The third kappa shape index (κ3) is 2.41. The van der Waals surface area contributed by atoms with Crippen LogP contribution in [0.2, 0.25) is 0 Å². The van der Waals surface area contributed by atoms with Crippen molar-refractivity contribution >= 4 is 14.7 Å². The number of ether oxygens (including phenoxy) is 2. The summed E-state index contributed by atoms with van der Waals surface area (Å²) in [6.07, 6.45) is -0.278. The first-order chi connectivity index (χ1) is 7.20. The Hall–Kier alpha value is -1.25. The first-order valence-electron chi connectivity index (χ1n) is 4.49. The van der Waals surface area contributed by atoms with Gasteiger partial charge in [-0.2, -0.15) is 0 Å². The van der Waals surface area contributed by atoms with E-state index < -0.39 is 0 Å². The average molecular weight is 227 g/mol. The average Bonchev–Trinajstić information content (AvgIpc) is 2.59. The fraction of sp³-hybridized carbons (Fsp3) is 0.300. The standard InChI is InChI=1S/C9H9O3P.CH5N/c1-5-11-8-2-6(4-13)7(10)3-9(8)12-5;1-2/h2-5,10,13H,1H3;2H2,1H3. The maximum atomic E-state index is 9.46. The number of rotatable bonds is 1. The van der Waals surface area contributed by atoms with Crippen LogP contribution in [0.15, 0.2) is 12.1 Å². The minimum Gasteiger partial charge on any atom is -0.507 e. The molecule has 4 nitrogen and oxygen atoms in total. The van der Waals surface area contributed by atoms with Crippen molar-refractivity contribution in [3.8, 4) is 17.2 Å². The van der Waals surface area contributed by atoms with Gasteiger partial charge < -0.3 is 20.3 Å². The van der Waals surface area contributed by atoms with Crippen molar-refractivity contribution in [3.63, 3.8) is 0 Å². The second-order valence-electron chi connectivity index (χ2n) is 2.81. The lowest BCUT2D eigenvalue weighted by Crippen LogP contribution is -2.11. The monoisotopic (exact) mass is 227 g/mol. The number of hydrogen-bond donors (Lipinski definition) is 2. The predicted molar refractivity (Wildman–Crippen MR) is 62.4 cm³/mol. The maximum Gasteiger partial charge on any atom is 0.238 e. The number of fused-ring (bicyclic) bond motifs is 1. The summed E-state index contributed by atoms with van der Waals surface area (Å²) in [6.45, 7) is 1.80. The molecule has 82 valence electrons. The van der Waals surface area contributed by atoms with Gasteiger partial charge in [-0.15, -0.1) is 8.86 Å². The number of phenolic OH excluding ortho intramolecular Hbond substituents is 1. The second-order valence-corrected chi connectivity index (χ2v) is 3.09. The molecule has 1 aromatic carbocycles. The van der Waals surface area contributed by atoms with Gasteiger partial charge in [0.1, 0.15) is 5.75 Å². The highest BCUT2D eigenvalue weighted by atomic mass is 31.0. The van der Waals surface area contributed by atoms with Crippen molar-refractivity contribution < 1.29 is 14.6 Å². The third-order valence-electron chi connectivity index (χ3n) is 1.83. The molecule has 15 heavy (non-hydrogen) atoms. The first-order valence-corrected chi connectivity index (χ1v) is 5.07. The Kier molecular flexibility index (Phi) is 3.95. The van der Waals surface area contributed by atoms with Crippen LogP contribution in [0, 0.1) is 0 Å². The molecular formula is C10H14NO3P. The van der Waals surface area contributed by atoms with Crippen LogP contribution in [-0.4, -0.2) is 24.2 Å². The quantitative estimate of drug-likeness (QED) is 0.711. The molecule has 0 saturated carbocycles. The minimum atomic E-state index is -0.278. The highest BCUT2D eigenvalue weighted by Gasteiger charge is 2.21. The molecule has 1 aliphatic rings. The molecule has 0 radical (unpaired) electrons. The van der Waals surface area contributed by atoms with Crippen LogP contribution in [0.4, 0.5) is 0 Å². The van der Waals surface area contributed by atoms with Gasteiger partial charge in [-0.25, -0.2) is 0 Å². The molecule has 0 aliphatic carbocycles. The van der Waals surface area contributed by atoms with Crippen molar-refractivity contribution in [2.24, 2.45) is 5.73 Å². The fourth-order valence-corrected chi connectivity index (χ4v) is 1.48. The van der Waals surface area contributed by atoms with Gasteiger partial charge in [0.15, 0.2) is 11.5 Å². The smallest absolute Gasteiger partial charge is 0.238 e. The molecule has 0 amide bonds. The van der Waals surface area contributed by atoms with Crippen LogP contribution < -0.4 is 15.2 Å². The van der Waals surface area contributed by atoms with E-state index in [-0.39, 0.29) is 12.0 Å².